The fourth-order valence-electron chi connectivity index (χ4n) is 2.96. The normalized spacial score (nSPS) is 15.1. The molecule has 0 bridgehead atoms. The summed E-state index contributed by atoms with van der Waals surface area (Å²) in [5, 5.41) is 0. The first kappa shape index (κ1) is 14.0. The van der Waals surface area contributed by atoms with Crippen LogP contribution < -0.4 is 10.6 Å². The zero-order valence-corrected chi connectivity index (χ0v) is 11.9. The van der Waals surface area contributed by atoms with Gasteiger partial charge in [-0.1, -0.05) is 18.2 Å². The van der Waals surface area contributed by atoms with Crippen molar-refractivity contribution in [3.8, 4) is 0 Å². The summed E-state index contributed by atoms with van der Waals surface area (Å²) in [5.74, 6) is -0.490. The van der Waals surface area contributed by atoms with Crippen molar-refractivity contribution in [2.45, 2.75) is 19.4 Å². The van der Waals surface area contributed by atoms with Crippen LogP contribution in [0.3, 0.4) is 0 Å². The van der Waals surface area contributed by atoms with Crippen LogP contribution in [0.15, 0.2) is 36.4 Å². The summed E-state index contributed by atoms with van der Waals surface area (Å²) in [6, 6.07) is 9.88. The summed E-state index contributed by atoms with van der Waals surface area (Å²) in [4.78, 5) is 2.07. The highest BCUT2D eigenvalue weighted by molar-refractivity contribution is 5.60. The first-order valence-corrected chi connectivity index (χ1v) is 7.11. The van der Waals surface area contributed by atoms with Gasteiger partial charge >= 0.3 is 0 Å². The molecule has 1 atom stereocenters. The Morgan fingerprint density at radius 2 is 2.00 bits per heavy atom. The van der Waals surface area contributed by atoms with Crippen molar-refractivity contribution in [1.82, 2.24) is 0 Å². The van der Waals surface area contributed by atoms with Crippen molar-refractivity contribution >= 4 is 5.69 Å². The summed E-state index contributed by atoms with van der Waals surface area (Å²) in [5.41, 5.74) is 9.34. The molecule has 2 nitrogen and oxygen atoms in total. The summed E-state index contributed by atoms with van der Waals surface area (Å²) in [7, 11) is 0. The minimum atomic E-state index is -0.258. The number of fused-ring (bicyclic) bond motifs is 1. The van der Waals surface area contributed by atoms with Crippen LogP contribution in [0.1, 0.15) is 22.7 Å². The molecule has 110 valence electrons. The van der Waals surface area contributed by atoms with Gasteiger partial charge in [-0.3, -0.25) is 0 Å². The van der Waals surface area contributed by atoms with Crippen LogP contribution in [-0.2, 0) is 6.42 Å². The van der Waals surface area contributed by atoms with E-state index in [1.165, 1.54) is 18.2 Å². The number of halogens is 2. The zero-order chi connectivity index (χ0) is 15.0. The minimum Gasteiger partial charge on any atom is -0.363 e. The van der Waals surface area contributed by atoms with Gasteiger partial charge in [0.1, 0.15) is 11.6 Å². The Morgan fingerprint density at radius 1 is 1.19 bits per heavy atom. The van der Waals surface area contributed by atoms with Crippen LogP contribution in [0.2, 0.25) is 0 Å². The van der Waals surface area contributed by atoms with Crippen LogP contribution in [-0.4, -0.2) is 13.1 Å². The van der Waals surface area contributed by atoms with Crippen LogP contribution >= 0.6 is 0 Å². The molecule has 2 N–H and O–H groups in total. The fraction of sp³-hybridized carbons (Fsp3) is 0.294. The summed E-state index contributed by atoms with van der Waals surface area (Å²) in [6.07, 6.45) is 0.862. The first-order chi connectivity index (χ1) is 10.1. The quantitative estimate of drug-likeness (QED) is 0.938. The maximum atomic E-state index is 13.8. The maximum Gasteiger partial charge on any atom is 0.126 e. The molecule has 1 heterocycles. The van der Waals surface area contributed by atoms with E-state index in [0.717, 1.165) is 29.8 Å². The van der Waals surface area contributed by atoms with Crippen LogP contribution in [0.5, 0.6) is 0 Å². The van der Waals surface area contributed by atoms with Gasteiger partial charge in [-0.05, 0) is 48.2 Å². The molecule has 1 unspecified atom stereocenters. The lowest BCUT2D eigenvalue weighted by Gasteiger charge is -2.30. The van der Waals surface area contributed by atoms with Gasteiger partial charge in [0.2, 0.25) is 0 Å². The van der Waals surface area contributed by atoms with Gasteiger partial charge in [0.15, 0.2) is 0 Å². The van der Waals surface area contributed by atoms with E-state index in [4.69, 9.17) is 5.73 Å². The van der Waals surface area contributed by atoms with Crippen molar-refractivity contribution in [2.24, 2.45) is 5.73 Å². The Labute approximate surface area is 123 Å². The third kappa shape index (κ3) is 2.51. The highest BCUT2D eigenvalue weighted by atomic mass is 19.1. The number of hydrogen-bond donors (Lipinski definition) is 1. The van der Waals surface area contributed by atoms with Gasteiger partial charge in [0, 0.05) is 18.8 Å². The molecule has 2 aromatic carbocycles. The molecule has 2 aromatic rings. The molecule has 0 saturated heterocycles. The average Bonchev–Trinajstić information content (AvgIpc) is 2.87. The Morgan fingerprint density at radius 3 is 2.71 bits per heavy atom. The molecular formula is C17H18F2N2. The summed E-state index contributed by atoms with van der Waals surface area (Å²) >= 11 is 0. The van der Waals surface area contributed by atoms with E-state index in [-0.39, 0.29) is 17.7 Å². The van der Waals surface area contributed by atoms with Gasteiger partial charge < -0.3 is 10.6 Å². The lowest BCUT2D eigenvalue weighted by molar-refractivity contribution is 0.600. The van der Waals surface area contributed by atoms with E-state index in [1.54, 1.807) is 13.0 Å². The number of nitrogens with two attached hydrogens (primary N) is 1. The van der Waals surface area contributed by atoms with Gasteiger partial charge in [0.25, 0.3) is 0 Å². The van der Waals surface area contributed by atoms with Gasteiger partial charge in [-0.2, -0.15) is 0 Å². The molecule has 0 radical (unpaired) electrons. The molecular weight excluding hydrogens is 270 g/mol. The predicted molar refractivity (Wildman–Crippen MR) is 80.4 cm³/mol. The smallest absolute Gasteiger partial charge is 0.126 e. The highest BCUT2D eigenvalue weighted by Gasteiger charge is 2.27. The predicted octanol–water partition coefficient (Wildman–Crippen LogP) is 3.34. The second-order valence-electron chi connectivity index (χ2n) is 5.48. The Hall–Kier alpha value is -1.94. The van der Waals surface area contributed by atoms with E-state index in [9.17, 15) is 8.78 Å². The molecule has 1 aliphatic heterocycles. The third-order valence-corrected chi connectivity index (χ3v) is 4.16. The number of anilines is 1. The fourth-order valence-corrected chi connectivity index (χ4v) is 2.96. The van der Waals surface area contributed by atoms with Crippen molar-refractivity contribution in [1.29, 1.82) is 0 Å². The Bertz CT molecular complexity index is 670. The molecule has 0 amide bonds. The molecule has 3 rings (SSSR count). The summed E-state index contributed by atoms with van der Waals surface area (Å²) < 4.78 is 27.3. The second kappa shape index (κ2) is 5.45. The van der Waals surface area contributed by atoms with Crippen LogP contribution in [0.4, 0.5) is 14.5 Å². The number of benzene rings is 2. The van der Waals surface area contributed by atoms with Crippen molar-refractivity contribution in [3.05, 3.63) is 64.7 Å². The minimum absolute atomic E-state index is 0.136. The highest BCUT2D eigenvalue weighted by Crippen LogP contribution is 2.35. The van der Waals surface area contributed by atoms with E-state index in [1.807, 2.05) is 12.1 Å². The first-order valence-electron chi connectivity index (χ1n) is 7.11. The van der Waals surface area contributed by atoms with Crippen LogP contribution in [0.25, 0.3) is 0 Å². The Balaban J connectivity index is 1.98. The largest absolute Gasteiger partial charge is 0.363 e. The van der Waals surface area contributed by atoms with Crippen LogP contribution in [0, 0.1) is 18.6 Å². The summed E-state index contributed by atoms with van der Waals surface area (Å²) in [6.45, 7) is 2.87. The molecule has 4 heteroatoms. The molecule has 0 aromatic heterocycles. The molecule has 0 aliphatic carbocycles. The standard InChI is InChI=1S/C17H18F2N2/c1-11-2-3-13(8-15(11)19)17(10-20)21-7-6-12-4-5-14(18)9-16(12)21/h2-5,8-9,17H,6-7,10,20H2,1H3. The van der Waals surface area contributed by atoms with Crippen molar-refractivity contribution in [3.63, 3.8) is 0 Å². The molecule has 0 fully saturated rings. The number of hydrogen-bond acceptors (Lipinski definition) is 2. The topological polar surface area (TPSA) is 29.3 Å². The SMILES string of the molecule is Cc1ccc(C(CN)N2CCc3ccc(F)cc32)cc1F. The number of rotatable bonds is 3. The van der Waals surface area contributed by atoms with Crippen molar-refractivity contribution in [2.75, 3.05) is 18.0 Å². The van der Waals surface area contributed by atoms with Gasteiger partial charge in [-0.15, -0.1) is 0 Å². The number of nitrogens with zero attached hydrogens (tertiary/aromatic N) is 1. The molecule has 0 saturated carbocycles. The molecule has 1 aliphatic rings. The number of aryl methyl sites for hydroxylation is 1. The third-order valence-electron chi connectivity index (χ3n) is 4.16. The van der Waals surface area contributed by atoms with Gasteiger partial charge in [0.05, 0.1) is 6.04 Å². The lowest BCUT2D eigenvalue weighted by atomic mass is 10.0. The average molecular weight is 288 g/mol. The van der Waals surface area contributed by atoms with E-state index < -0.39 is 0 Å². The Kier molecular flexibility index (Phi) is 3.64. The van der Waals surface area contributed by atoms with E-state index >= 15 is 0 Å². The van der Waals surface area contributed by atoms with Crippen molar-refractivity contribution < 1.29 is 8.78 Å². The second-order valence-corrected chi connectivity index (χ2v) is 5.48. The van der Waals surface area contributed by atoms with E-state index in [2.05, 4.69) is 4.90 Å². The van der Waals surface area contributed by atoms with E-state index in [0.29, 0.717) is 12.1 Å². The zero-order valence-electron chi connectivity index (χ0n) is 11.9. The maximum absolute atomic E-state index is 13.8. The monoisotopic (exact) mass is 288 g/mol. The molecule has 0 spiro atoms. The molecule has 21 heavy (non-hydrogen) atoms. The van der Waals surface area contributed by atoms with Gasteiger partial charge in [-0.25, -0.2) is 8.78 Å². The lowest BCUT2D eigenvalue weighted by Crippen LogP contribution is -2.32.